The maximum Gasteiger partial charge on any atom is 1.00 e. The summed E-state index contributed by atoms with van der Waals surface area (Å²) >= 11 is 0. The summed E-state index contributed by atoms with van der Waals surface area (Å²) in [6, 6.07) is 0. The van der Waals surface area contributed by atoms with Crippen LogP contribution >= 0.6 is 0 Å². The molecule has 0 aromatic carbocycles. The molecule has 0 saturated carbocycles. The summed E-state index contributed by atoms with van der Waals surface area (Å²) in [6.07, 6.45) is 8.99. The molecule has 0 aliphatic heterocycles. The fourth-order valence-electron chi connectivity index (χ4n) is 1.24. The third-order valence-electron chi connectivity index (χ3n) is 3.24. The van der Waals surface area contributed by atoms with Crippen molar-refractivity contribution in [1.29, 1.82) is 0 Å². The second-order valence-electron chi connectivity index (χ2n) is 5.07. The maximum absolute atomic E-state index is 3.47. The molecule has 1 rings (SSSR count). The van der Waals surface area contributed by atoms with Crippen LogP contribution in [0.2, 0.25) is 18.1 Å². The monoisotopic (exact) mass is 186 g/mol. The van der Waals surface area contributed by atoms with Crippen LogP contribution in [-0.2, 0) is 0 Å². The predicted molar refractivity (Wildman–Crippen MR) is 57.7 cm³/mol. The first-order valence-electron chi connectivity index (χ1n) is 4.63. The minimum Gasteiger partial charge on any atom is -0.274 e. The summed E-state index contributed by atoms with van der Waals surface area (Å²) in [5.41, 5.74) is 0. The van der Waals surface area contributed by atoms with Crippen molar-refractivity contribution in [3.8, 4) is 0 Å². The summed E-state index contributed by atoms with van der Waals surface area (Å²) in [7, 11) is -1.25. The molecule has 0 aromatic rings. The van der Waals surface area contributed by atoms with E-state index in [0.717, 1.165) is 6.42 Å². The van der Waals surface area contributed by atoms with E-state index in [0.29, 0.717) is 5.04 Å². The summed E-state index contributed by atoms with van der Waals surface area (Å²) in [6.45, 7) is 11.9. The van der Waals surface area contributed by atoms with Gasteiger partial charge in [0.15, 0.2) is 0 Å². The van der Waals surface area contributed by atoms with Gasteiger partial charge in [0.1, 0.15) is 0 Å². The van der Waals surface area contributed by atoms with Gasteiger partial charge in [0, 0.05) is 8.07 Å². The molecule has 0 aromatic heterocycles. The molecule has 68 valence electrons. The van der Waals surface area contributed by atoms with Gasteiger partial charge >= 0.3 is 18.9 Å². The van der Waals surface area contributed by atoms with Gasteiger partial charge in [-0.1, -0.05) is 33.9 Å². The second-order valence-corrected chi connectivity index (χ2v) is 10.4. The molecule has 0 spiro atoms. The fourth-order valence-corrected chi connectivity index (χ4v) is 3.12. The molecule has 0 saturated heterocycles. The van der Waals surface area contributed by atoms with Crippen molar-refractivity contribution < 1.29 is 18.9 Å². The number of rotatable bonds is 1. The normalized spacial score (nSPS) is 16.8. The topological polar surface area (TPSA) is 0 Å². The molecule has 1 aliphatic carbocycles. The van der Waals surface area contributed by atoms with Crippen LogP contribution in [0.1, 0.15) is 27.2 Å². The Balaban J connectivity index is 0.00000144. The average molecular weight is 186 g/mol. The molecule has 13 heavy (non-hydrogen) atoms. The largest absolute Gasteiger partial charge is 1.00 e. The van der Waals surface area contributed by atoms with Crippen LogP contribution in [0.4, 0.5) is 0 Å². The van der Waals surface area contributed by atoms with Crippen LogP contribution in [0.25, 0.3) is 0 Å². The Morgan fingerprint density at radius 3 is 2.15 bits per heavy atom. The van der Waals surface area contributed by atoms with Crippen molar-refractivity contribution in [1.82, 2.24) is 0 Å². The van der Waals surface area contributed by atoms with E-state index in [-0.39, 0.29) is 18.9 Å². The molecule has 0 bridgehead atoms. The molecule has 0 radical (unpaired) electrons. The number of hydrogen-bond donors (Lipinski definition) is 0. The van der Waals surface area contributed by atoms with Gasteiger partial charge in [0.2, 0.25) is 0 Å². The van der Waals surface area contributed by atoms with E-state index in [9.17, 15) is 0 Å². The molecule has 0 atom stereocenters. The molecule has 2 heteroatoms. The molecule has 0 N–H and O–H groups in total. The van der Waals surface area contributed by atoms with Crippen LogP contribution in [-0.4, -0.2) is 8.07 Å². The Hall–Kier alpha value is 0.294. The first-order chi connectivity index (χ1) is 5.36. The smallest absolute Gasteiger partial charge is 0.274 e. The summed E-state index contributed by atoms with van der Waals surface area (Å²) in [5.74, 6) is 0. The molecule has 0 unspecified atom stereocenters. The summed E-state index contributed by atoms with van der Waals surface area (Å²) in [5, 5.41) is 1.96. The van der Waals surface area contributed by atoms with E-state index >= 15 is 0 Å². The first-order valence-corrected chi connectivity index (χ1v) is 7.63. The Morgan fingerprint density at radius 2 is 1.85 bits per heavy atom. The van der Waals surface area contributed by atoms with Gasteiger partial charge in [0.05, 0.1) is 0 Å². The van der Waals surface area contributed by atoms with Crippen LogP contribution in [0.15, 0.2) is 17.3 Å². The third kappa shape index (κ3) is 2.62. The van der Waals surface area contributed by atoms with Crippen molar-refractivity contribution >= 4 is 8.07 Å². The van der Waals surface area contributed by atoms with Gasteiger partial charge < -0.3 is 0 Å². The van der Waals surface area contributed by atoms with Crippen molar-refractivity contribution in [3.05, 3.63) is 23.4 Å². The quantitative estimate of drug-likeness (QED) is 0.418. The number of allylic oxidation sites excluding steroid dienone is 4. The Bertz CT molecular complexity index is 231. The Morgan fingerprint density at radius 1 is 1.31 bits per heavy atom. The van der Waals surface area contributed by atoms with Crippen molar-refractivity contribution in [2.75, 3.05) is 0 Å². The van der Waals surface area contributed by atoms with Gasteiger partial charge in [-0.15, -0.1) is 6.42 Å². The minimum absolute atomic E-state index is 0. The van der Waals surface area contributed by atoms with E-state index in [1.165, 1.54) is 5.20 Å². The zero-order valence-electron chi connectivity index (χ0n) is 9.86. The average Bonchev–Trinajstić information content (AvgIpc) is 2.34. The molecule has 1 aliphatic rings. The van der Waals surface area contributed by atoms with Gasteiger partial charge in [-0.25, -0.2) is 11.3 Å². The zero-order valence-corrected chi connectivity index (χ0v) is 10.9. The van der Waals surface area contributed by atoms with E-state index in [1.54, 1.807) is 0 Å². The van der Waals surface area contributed by atoms with Gasteiger partial charge in [-0.05, 0) is 5.04 Å². The first kappa shape index (κ1) is 13.3. The number of hydrogen-bond acceptors (Lipinski definition) is 0. The van der Waals surface area contributed by atoms with Crippen molar-refractivity contribution in [3.63, 3.8) is 0 Å². The zero-order chi connectivity index (χ0) is 9.41. The molecule has 0 amide bonds. The summed E-state index contributed by atoms with van der Waals surface area (Å²) < 4.78 is 0. The molecule has 0 fully saturated rings. The third-order valence-corrected chi connectivity index (χ3v) is 8.68. The van der Waals surface area contributed by atoms with Crippen molar-refractivity contribution in [2.24, 2.45) is 0 Å². The molecular weight excluding hydrogens is 167 g/mol. The van der Waals surface area contributed by atoms with E-state index < -0.39 is 8.07 Å². The molecule has 0 nitrogen and oxygen atoms in total. The SMILES string of the molecule is CC(C)(C)[Si](C)(C)C1=[C-]CC=C1.[Li+]. The van der Waals surface area contributed by atoms with Crippen LogP contribution in [0, 0.1) is 6.08 Å². The summed E-state index contributed by atoms with van der Waals surface area (Å²) in [4.78, 5) is 0. The van der Waals surface area contributed by atoms with Gasteiger partial charge in [-0.3, -0.25) is 6.08 Å². The van der Waals surface area contributed by atoms with E-state index in [4.69, 9.17) is 0 Å². The Labute approximate surface area is 95.7 Å². The second kappa shape index (κ2) is 4.21. The van der Waals surface area contributed by atoms with E-state index in [2.05, 4.69) is 52.1 Å². The van der Waals surface area contributed by atoms with Crippen LogP contribution < -0.4 is 18.9 Å². The maximum atomic E-state index is 3.47. The van der Waals surface area contributed by atoms with Crippen LogP contribution in [0.3, 0.4) is 0 Å². The molecule has 0 heterocycles. The van der Waals surface area contributed by atoms with Crippen molar-refractivity contribution in [2.45, 2.75) is 45.3 Å². The van der Waals surface area contributed by atoms with Gasteiger partial charge in [-0.2, -0.15) is 6.08 Å². The minimum atomic E-state index is -1.25. The predicted octanol–water partition coefficient (Wildman–Crippen LogP) is 0.728. The van der Waals surface area contributed by atoms with Crippen LogP contribution in [0.5, 0.6) is 0 Å². The fraction of sp³-hybridized carbons (Fsp3) is 0.636. The molecular formula is C11H19LiSi. The Kier molecular flexibility index (Phi) is 4.31. The van der Waals surface area contributed by atoms with E-state index in [1.807, 2.05) is 0 Å². The standard InChI is InChI=1S/C11H19Si.Li/c1-11(2,3)12(4,5)10-8-6-7-9-10;/h6,8H,7H2,1-5H3;/q-1;+1. The van der Waals surface area contributed by atoms with Gasteiger partial charge in [0.25, 0.3) is 0 Å².